The number of rotatable bonds is 6. The Labute approximate surface area is 133 Å². The Morgan fingerprint density at radius 3 is 2.76 bits per heavy atom. The molecule has 1 aromatic heterocycles. The van der Waals surface area contributed by atoms with Crippen molar-refractivity contribution < 1.29 is 4.39 Å². The quantitative estimate of drug-likeness (QED) is 0.853. The molecule has 0 saturated heterocycles. The summed E-state index contributed by atoms with van der Waals surface area (Å²) in [6.45, 7) is 8.75. The molecule has 2 aromatic rings. The lowest BCUT2D eigenvalue weighted by Gasteiger charge is -2.06. The highest BCUT2D eigenvalue weighted by Crippen LogP contribution is 2.16. The monoisotopic (exact) mass is 353 g/mol. The maximum absolute atomic E-state index is 13.4. The molecule has 2 rings (SSSR count). The lowest BCUT2D eigenvalue weighted by Crippen LogP contribution is -2.19. The summed E-state index contributed by atoms with van der Waals surface area (Å²) in [7, 11) is 0. The molecule has 0 radical (unpaired) electrons. The highest BCUT2D eigenvalue weighted by Gasteiger charge is 2.07. The van der Waals surface area contributed by atoms with Crippen molar-refractivity contribution in [2.75, 3.05) is 6.54 Å². The zero-order chi connectivity index (χ0) is 15.4. The highest BCUT2D eigenvalue weighted by molar-refractivity contribution is 9.10. The van der Waals surface area contributed by atoms with Gasteiger partial charge >= 0.3 is 0 Å². The van der Waals surface area contributed by atoms with Crippen molar-refractivity contribution >= 4 is 15.9 Å². The van der Waals surface area contributed by atoms with Gasteiger partial charge in [0, 0.05) is 22.8 Å². The SMILES string of the molecule is Cc1nn(Cc2cc(F)cc(Br)c2)cc1CNCC(C)C. The number of benzene rings is 1. The molecule has 5 heteroatoms. The van der Waals surface area contributed by atoms with Crippen molar-refractivity contribution in [3.05, 3.63) is 51.5 Å². The predicted molar refractivity (Wildman–Crippen MR) is 86.7 cm³/mol. The zero-order valence-electron chi connectivity index (χ0n) is 12.7. The van der Waals surface area contributed by atoms with Crippen molar-refractivity contribution in [1.82, 2.24) is 15.1 Å². The van der Waals surface area contributed by atoms with E-state index >= 15 is 0 Å². The molecule has 0 spiro atoms. The Kier molecular flexibility index (Phi) is 5.53. The van der Waals surface area contributed by atoms with Gasteiger partial charge in [-0.1, -0.05) is 29.8 Å². The lowest BCUT2D eigenvalue weighted by molar-refractivity contribution is 0.551. The van der Waals surface area contributed by atoms with E-state index in [2.05, 4.69) is 40.2 Å². The first-order chi connectivity index (χ1) is 9.94. The molecule has 0 fully saturated rings. The van der Waals surface area contributed by atoms with Crippen LogP contribution in [0.15, 0.2) is 28.9 Å². The van der Waals surface area contributed by atoms with E-state index in [9.17, 15) is 4.39 Å². The second-order valence-corrected chi connectivity index (χ2v) is 6.66. The fourth-order valence-electron chi connectivity index (χ4n) is 2.20. The van der Waals surface area contributed by atoms with Crippen molar-refractivity contribution in [2.24, 2.45) is 5.92 Å². The van der Waals surface area contributed by atoms with E-state index in [-0.39, 0.29) is 5.82 Å². The minimum Gasteiger partial charge on any atom is -0.312 e. The van der Waals surface area contributed by atoms with Gasteiger partial charge in [-0.05, 0) is 43.1 Å². The molecule has 0 aliphatic heterocycles. The number of aryl methyl sites for hydroxylation is 1. The predicted octanol–water partition coefficient (Wildman–Crippen LogP) is 3.89. The van der Waals surface area contributed by atoms with E-state index in [0.717, 1.165) is 28.8 Å². The van der Waals surface area contributed by atoms with Gasteiger partial charge in [-0.3, -0.25) is 4.68 Å². The van der Waals surface area contributed by atoms with E-state index < -0.39 is 0 Å². The molecule has 1 N–H and O–H groups in total. The summed E-state index contributed by atoms with van der Waals surface area (Å²) in [5.74, 6) is 0.395. The average molecular weight is 354 g/mol. The zero-order valence-corrected chi connectivity index (χ0v) is 14.2. The van der Waals surface area contributed by atoms with Gasteiger partial charge < -0.3 is 5.32 Å². The van der Waals surface area contributed by atoms with Crippen LogP contribution in [0.4, 0.5) is 4.39 Å². The average Bonchev–Trinajstić information content (AvgIpc) is 2.67. The molecular formula is C16H21BrFN3. The van der Waals surface area contributed by atoms with Crippen LogP contribution in [-0.2, 0) is 13.1 Å². The largest absolute Gasteiger partial charge is 0.312 e. The number of hydrogen-bond acceptors (Lipinski definition) is 2. The molecular weight excluding hydrogens is 333 g/mol. The van der Waals surface area contributed by atoms with Crippen LogP contribution in [0, 0.1) is 18.7 Å². The number of halogens is 2. The topological polar surface area (TPSA) is 29.9 Å². The Morgan fingerprint density at radius 2 is 2.10 bits per heavy atom. The van der Waals surface area contributed by atoms with Crippen LogP contribution in [0.5, 0.6) is 0 Å². The Morgan fingerprint density at radius 1 is 1.33 bits per heavy atom. The molecule has 0 atom stereocenters. The molecule has 1 heterocycles. The van der Waals surface area contributed by atoms with Gasteiger partial charge in [-0.15, -0.1) is 0 Å². The van der Waals surface area contributed by atoms with E-state index in [4.69, 9.17) is 0 Å². The summed E-state index contributed by atoms with van der Waals surface area (Å²) in [5, 5.41) is 7.92. The third kappa shape index (κ3) is 4.93. The maximum atomic E-state index is 13.4. The number of hydrogen-bond donors (Lipinski definition) is 1. The van der Waals surface area contributed by atoms with Gasteiger partial charge in [0.05, 0.1) is 12.2 Å². The van der Waals surface area contributed by atoms with Crippen LogP contribution in [0.3, 0.4) is 0 Å². The molecule has 1 aromatic carbocycles. The van der Waals surface area contributed by atoms with Gasteiger partial charge in [-0.25, -0.2) is 4.39 Å². The van der Waals surface area contributed by atoms with Crippen molar-refractivity contribution in [3.8, 4) is 0 Å². The van der Waals surface area contributed by atoms with Crippen LogP contribution in [-0.4, -0.2) is 16.3 Å². The van der Waals surface area contributed by atoms with E-state index in [1.54, 1.807) is 6.07 Å². The second-order valence-electron chi connectivity index (χ2n) is 5.74. The van der Waals surface area contributed by atoms with Crippen LogP contribution < -0.4 is 5.32 Å². The molecule has 0 saturated carbocycles. The van der Waals surface area contributed by atoms with E-state index in [1.807, 2.05) is 23.9 Å². The molecule has 3 nitrogen and oxygen atoms in total. The molecule has 0 aliphatic carbocycles. The normalized spacial score (nSPS) is 11.3. The van der Waals surface area contributed by atoms with Crippen LogP contribution in [0.1, 0.15) is 30.7 Å². The van der Waals surface area contributed by atoms with Gasteiger partial charge in [0.15, 0.2) is 0 Å². The Bertz CT molecular complexity index is 587. The minimum absolute atomic E-state index is 0.234. The van der Waals surface area contributed by atoms with Crippen molar-refractivity contribution in [3.63, 3.8) is 0 Å². The minimum atomic E-state index is -0.234. The fraction of sp³-hybridized carbons (Fsp3) is 0.438. The van der Waals surface area contributed by atoms with Crippen molar-refractivity contribution in [1.29, 1.82) is 0 Å². The maximum Gasteiger partial charge on any atom is 0.124 e. The Hall–Kier alpha value is -1.20. The lowest BCUT2D eigenvalue weighted by atomic mass is 10.2. The van der Waals surface area contributed by atoms with Gasteiger partial charge in [-0.2, -0.15) is 5.10 Å². The van der Waals surface area contributed by atoms with Gasteiger partial charge in [0.2, 0.25) is 0 Å². The smallest absolute Gasteiger partial charge is 0.124 e. The van der Waals surface area contributed by atoms with E-state index in [0.29, 0.717) is 12.5 Å². The van der Waals surface area contributed by atoms with E-state index in [1.165, 1.54) is 11.6 Å². The molecule has 21 heavy (non-hydrogen) atoms. The first-order valence-corrected chi connectivity index (χ1v) is 7.92. The Balaban J connectivity index is 2.04. The summed E-state index contributed by atoms with van der Waals surface area (Å²) >= 11 is 3.31. The summed E-state index contributed by atoms with van der Waals surface area (Å²) in [6, 6.07) is 4.91. The number of nitrogens with one attached hydrogen (secondary N) is 1. The summed E-state index contributed by atoms with van der Waals surface area (Å²) in [5.41, 5.74) is 3.10. The standard InChI is InChI=1S/C16H21BrFN3/c1-11(2)7-19-8-14-10-21(20-12(14)3)9-13-4-15(17)6-16(18)5-13/h4-6,10-11,19H,7-9H2,1-3H3. The van der Waals surface area contributed by atoms with Gasteiger partial charge in [0.25, 0.3) is 0 Å². The van der Waals surface area contributed by atoms with Crippen LogP contribution >= 0.6 is 15.9 Å². The molecule has 0 bridgehead atoms. The van der Waals surface area contributed by atoms with Gasteiger partial charge in [0.1, 0.15) is 5.82 Å². The molecule has 0 amide bonds. The molecule has 114 valence electrons. The first-order valence-electron chi connectivity index (χ1n) is 7.12. The van der Waals surface area contributed by atoms with Crippen LogP contribution in [0.25, 0.3) is 0 Å². The fourth-order valence-corrected chi connectivity index (χ4v) is 2.71. The first kappa shape index (κ1) is 16.2. The summed E-state index contributed by atoms with van der Waals surface area (Å²) in [6.07, 6.45) is 2.03. The molecule has 0 unspecified atom stereocenters. The third-order valence-corrected chi connectivity index (χ3v) is 3.64. The highest BCUT2D eigenvalue weighted by atomic mass is 79.9. The second kappa shape index (κ2) is 7.18. The molecule has 0 aliphatic rings. The van der Waals surface area contributed by atoms with Crippen molar-refractivity contribution in [2.45, 2.75) is 33.9 Å². The number of nitrogens with zero attached hydrogens (tertiary/aromatic N) is 2. The van der Waals surface area contributed by atoms with Crippen LogP contribution in [0.2, 0.25) is 0 Å². The summed E-state index contributed by atoms with van der Waals surface area (Å²) < 4.78 is 16.0. The number of aromatic nitrogens is 2. The summed E-state index contributed by atoms with van der Waals surface area (Å²) in [4.78, 5) is 0. The third-order valence-electron chi connectivity index (χ3n) is 3.18.